The molecular formula is C14H18IN3O. The van der Waals surface area contributed by atoms with Crippen molar-refractivity contribution in [3.63, 3.8) is 0 Å². The van der Waals surface area contributed by atoms with Crippen LogP contribution in [0.3, 0.4) is 0 Å². The van der Waals surface area contributed by atoms with Gasteiger partial charge in [-0.15, -0.1) is 0 Å². The SMILES string of the molecule is CCCNc1nc(-c2ccc(C)o2)nc(CC)c1I. The first-order valence-electron chi connectivity index (χ1n) is 6.52. The maximum absolute atomic E-state index is 5.61. The lowest BCUT2D eigenvalue weighted by molar-refractivity contribution is 0.543. The summed E-state index contributed by atoms with van der Waals surface area (Å²) in [6, 6.07) is 3.85. The second-order valence-electron chi connectivity index (χ2n) is 4.35. The van der Waals surface area contributed by atoms with E-state index in [4.69, 9.17) is 4.42 Å². The van der Waals surface area contributed by atoms with Gasteiger partial charge in [0, 0.05) is 6.54 Å². The number of hydrogen-bond acceptors (Lipinski definition) is 4. The smallest absolute Gasteiger partial charge is 0.197 e. The number of nitrogens with zero attached hydrogens (tertiary/aromatic N) is 2. The van der Waals surface area contributed by atoms with Crippen LogP contribution in [-0.4, -0.2) is 16.5 Å². The summed E-state index contributed by atoms with van der Waals surface area (Å²) in [7, 11) is 0. The molecule has 19 heavy (non-hydrogen) atoms. The first-order valence-corrected chi connectivity index (χ1v) is 7.60. The van der Waals surface area contributed by atoms with E-state index in [1.165, 1.54) is 0 Å². The normalized spacial score (nSPS) is 10.7. The Balaban J connectivity index is 2.44. The van der Waals surface area contributed by atoms with E-state index in [-0.39, 0.29) is 0 Å². The number of aryl methyl sites for hydroxylation is 2. The molecule has 0 amide bonds. The molecule has 1 N–H and O–H groups in total. The van der Waals surface area contributed by atoms with Crippen LogP contribution in [0.1, 0.15) is 31.7 Å². The van der Waals surface area contributed by atoms with E-state index in [0.717, 1.165) is 46.0 Å². The van der Waals surface area contributed by atoms with Crippen molar-refractivity contribution in [1.82, 2.24) is 9.97 Å². The average molecular weight is 371 g/mol. The van der Waals surface area contributed by atoms with Crippen LogP contribution in [-0.2, 0) is 6.42 Å². The molecule has 2 aromatic heterocycles. The fourth-order valence-electron chi connectivity index (χ4n) is 1.75. The van der Waals surface area contributed by atoms with Crippen LogP contribution in [0.15, 0.2) is 16.5 Å². The second-order valence-corrected chi connectivity index (χ2v) is 5.43. The maximum Gasteiger partial charge on any atom is 0.197 e. The van der Waals surface area contributed by atoms with Gasteiger partial charge in [-0.3, -0.25) is 0 Å². The van der Waals surface area contributed by atoms with Crippen molar-refractivity contribution in [2.24, 2.45) is 0 Å². The van der Waals surface area contributed by atoms with Crippen LogP contribution in [0.2, 0.25) is 0 Å². The lowest BCUT2D eigenvalue weighted by atomic mass is 10.3. The molecule has 0 aliphatic heterocycles. The highest BCUT2D eigenvalue weighted by molar-refractivity contribution is 14.1. The Bertz CT molecular complexity index is 566. The van der Waals surface area contributed by atoms with Gasteiger partial charge in [-0.05, 0) is 54.5 Å². The number of rotatable bonds is 5. The molecule has 0 atom stereocenters. The van der Waals surface area contributed by atoms with Crippen LogP contribution in [0.25, 0.3) is 11.6 Å². The number of hydrogen-bond donors (Lipinski definition) is 1. The van der Waals surface area contributed by atoms with Gasteiger partial charge in [0.05, 0.1) is 9.26 Å². The first kappa shape index (κ1) is 14.3. The summed E-state index contributed by atoms with van der Waals surface area (Å²) in [5, 5.41) is 3.35. The Labute approximate surface area is 127 Å². The molecule has 0 unspecified atom stereocenters. The van der Waals surface area contributed by atoms with Crippen molar-refractivity contribution < 1.29 is 4.42 Å². The van der Waals surface area contributed by atoms with Crippen LogP contribution >= 0.6 is 22.6 Å². The molecule has 0 saturated heterocycles. The molecule has 5 heteroatoms. The van der Waals surface area contributed by atoms with Gasteiger partial charge in [-0.1, -0.05) is 13.8 Å². The number of furan rings is 1. The second kappa shape index (κ2) is 6.36. The molecule has 4 nitrogen and oxygen atoms in total. The number of aromatic nitrogens is 2. The molecule has 0 radical (unpaired) electrons. The molecule has 2 heterocycles. The number of halogens is 1. The summed E-state index contributed by atoms with van der Waals surface area (Å²) in [6.07, 6.45) is 1.95. The highest BCUT2D eigenvalue weighted by atomic mass is 127. The van der Waals surface area contributed by atoms with E-state index >= 15 is 0 Å². The van der Waals surface area contributed by atoms with Crippen LogP contribution in [0.4, 0.5) is 5.82 Å². The summed E-state index contributed by atoms with van der Waals surface area (Å²) in [5.74, 6) is 3.16. The van der Waals surface area contributed by atoms with Crippen molar-refractivity contribution in [1.29, 1.82) is 0 Å². The molecule has 0 fully saturated rings. The third-order valence-electron chi connectivity index (χ3n) is 2.76. The topological polar surface area (TPSA) is 51.0 Å². The van der Waals surface area contributed by atoms with Crippen molar-refractivity contribution in [2.75, 3.05) is 11.9 Å². The molecule has 0 bridgehead atoms. The molecule has 102 valence electrons. The van der Waals surface area contributed by atoms with E-state index < -0.39 is 0 Å². The fraction of sp³-hybridized carbons (Fsp3) is 0.429. The van der Waals surface area contributed by atoms with Gasteiger partial charge >= 0.3 is 0 Å². The van der Waals surface area contributed by atoms with Crippen LogP contribution in [0, 0.1) is 10.5 Å². The highest BCUT2D eigenvalue weighted by Crippen LogP contribution is 2.25. The Hall–Kier alpha value is -1.11. The van der Waals surface area contributed by atoms with Gasteiger partial charge in [0.1, 0.15) is 11.6 Å². The molecule has 0 spiro atoms. The van der Waals surface area contributed by atoms with Gasteiger partial charge in [0.2, 0.25) is 0 Å². The lowest BCUT2D eigenvalue weighted by Crippen LogP contribution is -2.08. The molecule has 0 aliphatic rings. The summed E-state index contributed by atoms with van der Waals surface area (Å²) in [5.41, 5.74) is 1.05. The first-order chi connectivity index (χ1) is 9.15. The van der Waals surface area contributed by atoms with E-state index in [0.29, 0.717) is 5.82 Å². The summed E-state index contributed by atoms with van der Waals surface area (Å²) in [4.78, 5) is 9.17. The highest BCUT2D eigenvalue weighted by Gasteiger charge is 2.14. The monoisotopic (exact) mass is 371 g/mol. The van der Waals surface area contributed by atoms with Crippen molar-refractivity contribution in [2.45, 2.75) is 33.6 Å². The zero-order chi connectivity index (χ0) is 13.8. The zero-order valence-corrected chi connectivity index (χ0v) is 13.6. The molecular weight excluding hydrogens is 353 g/mol. The van der Waals surface area contributed by atoms with Gasteiger partial charge in [0.25, 0.3) is 0 Å². The van der Waals surface area contributed by atoms with Crippen LogP contribution in [0.5, 0.6) is 0 Å². The summed E-state index contributed by atoms with van der Waals surface area (Å²) in [6.45, 7) is 7.07. The van der Waals surface area contributed by atoms with E-state index in [1.807, 2.05) is 19.1 Å². The number of anilines is 1. The molecule has 0 aromatic carbocycles. The number of nitrogens with one attached hydrogen (secondary N) is 1. The lowest BCUT2D eigenvalue weighted by Gasteiger charge is -2.10. The predicted molar refractivity (Wildman–Crippen MR) is 85.3 cm³/mol. The third-order valence-corrected chi connectivity index (χ3v) is 3.89. The molecule has 2 rings (SSSR count). The molecule has 2 aromatic rings. The van der Waals surface area contributed by atoms with Crippen molar-refractivity contribution >= 4 is 28.4 Å². The standard InChI is InChI=1S/C14H18IN3O/c1-4-8-16-14-12(15)10(5-2)17-13(18-14)11-7-6-9(3)19-11/h6-7H,4-5,8H2,1-3H3,(H,16,17,18). The zero-order valence-electron chi connectivity index (χ0n) is 11.5. The maximum atomic E-state index is 5.61. The largest absolute Gasteiger partial charge is 0.458 e. The van der Waals surface area contributed by atoms with E-state index in [1.54, 1.807) is 0 Å². The van der Waals surface area contributed by atoms with Gasteiger partial charge in [0.15, 0.2) is 11.6 Å². The summed E-state index contributed by atoms with van der Waals surface area (Å²) >= 11 is 2.30. The third kappa shape index (κ3) is 3.26. The van der Waals surface area contributed by atoms with Crippen LogP contribution < -0.4 is 5.32 Å². The minimum atomic E-state index is 0.656. The molecule has 0 aliphatic carbocycles. The average Bonchev–Trinajstić information content (AvgIpc) is 2.84. The fourth-order valence-corrected chi connectivity index (χ4v) is 2.57. The Morgan fingerprint density at radius 2 is 2.05 bits per heavy atom. The summed E-state index contributed by atoms with van der Waals surface area (Å²) < 4.78 is 6.71. The van der Waals surface area contributed by atoms with E-state index in [2.05, 4.69) is 51.7 Å². The molecule has 0 saturated carbocycles. The van der Waals surface area contributed by atoms with Gasteiger partial charge in [-0.2, -0.15) is 0 Å². The van der Waals surface area contributed by atoms with Gasteiger partial charge in [-0.25, -0.2) is 9.97 Å². The quantitative estimate of drug-likeness (QED) is 0.807. The minimum Gasteiger partial charge on any atom is -0.458 e. The van der Waals surface area contributed by atoms with Crippen molar-refractivity contribution in [3.05, 3.63) is 27.2 Å². The Morgan fingerprint density at radius 3 is 2.63 bits per heavy atom. The minimum absolute atomic E-state index is 0.656. The predicted octanol–water partition coefficient (Wildman–Crippen LogP) is 4.03. The van der Waals surface area contributed by atoms with E-state index in [9.17, 15) is 0 Å². The Morgan fingerprint density at radius 1 is 1.26 bits per heavy atom. The Kier molecular flexibility index (Phi) is 4.79. The van der Waals surface area contributed by atoms with Crippen molar-refractivity contribution in [3.8, 4) is 11.6 Å². The van der Waals surface area contributed by atoms with Gasteiger partial charge < -0.3 is 9.73 Å².